The Hall–Kier alpha value is -2.08. The van der Waals surface area contributed by atoms with Gasteiger partial charge in [-0.25, -0.2) is 4.79 Å². The predicted octanol–water partition coefficient (Wildman–Crippen LogP) is 1.76. The third kappa shape index (κ3) is 2.57. The molecular formula is C17H20N2O4. The monoisotopic (exact) mass is 316 g/mol. The molecule has 6 heteroatoms. The molecule has 6 nitrogen and oxygen atoms in total. The summed E-state index contributed by atoms with van der Waals surface area (Å²) in [6, 6.07) is 7.34. The molecule has 1 amide bonds. The molecular weight excluding hydrogens is 296 g/mol. The quantitative estimate of drug-likeness (QED) is 0.847. The second kappa shape index (κ2) is 5.85. The Morgan fingerprint density at radius 1 is 1.22 bits per heavy atom. The predicted molar refractivity (Wildman–Crippen MR) is 84.2 cm³/mol. The molecule has 122 valence electrons. The third-order valence-electron chi connectivity index (χ3n) is 4.92. The summed E-state index contributed by atoms with van der Waals surface area (Å²) < 4.78 is 12.4. The number of rotatable bonds is 2. The van der Waals surface area contributed by atoms with Crippen molar-refractivity contribution in [3.05, 3.63) is 34.8 Å². The van der Waals surface area contributed by atoms with Crippen LogP contribution in [0.3, 0.4) is 0 Å². The Kier molecular flexibility index (Phi) is 3.69. The summed E-state index contributed by atoms with van der Waals surface area (Å²) >= 11 is 0. The van der Waals surface area contributed by atoms with Gasteiger partial charge in [0.1, 0.15) is 6.54 Å². The van der Waals surface area contributed by atoms with Crippen LogP contribution in [0.25, 0.3) is 11.1 Å². The molecule has 2 atom stereocenters. The topological polar surface area (TPSA) is 64.7 Å². The second-order valence-electron chi connectivity index (χ2n) is 6.27. The second-order valence-corrected chi connectivity index (χ2v) is 6.27. The SMILES string of the molecule is O=C(Cn1c(=O)oc2ccccc21)N1CCO[C@H]2CCCC[C@H]21. The highest BCUT2D eigenvalue weighted by Crippen LogP contribution is 2.28. The Morgan fingerprint density at radius 3 is 2.96 bits per heavy atom. The summed E-state index contributed by atoms with van der Waals surface area (Å²) in [5.74, 6) is -0.508. The van der Waals surface area contributed by atoms with Gasteiger partial charge in [-0.05, 0) is 25.0 Å². The van der Waals surface area contributed by atoms with E-state index < -0.39 is 5.76 Å². The number of nitrogens with zero attached hydrogens (tertiary/aromatic N) is 2. The lowest BCUT2D eigenvalue weighted by Gasteiger charge is -2.43. The fourth-order valence-electron chi connectivity index (χ4n) is 3.80. The zero-order valence-electron chi connectivity index (χ0n) is 12.9. The average Bonchev–Trinajstić information content (AvgIpc) is 2.90. The van der Waals surface area contributed by atoms with Crippen molar-refractivity contribution in [1.29, 1.82) is 0 Å². The molecule has 0 N–H and O–H groups in total. The van der Waals surface area contributed by atoms with Crippen molar-refractivity contribution in [2.75, 3.05) is 13.2 Å². The van der Waals surface area contributed by atoms with E-state index in [1.54, 1.807) is 12.1 Å². The third-order valence-corrected chi connectivity index (χ3v) is 4.92. The van der Waals surface area contributed by atoms with Crippen LogP contribution in [-0.4, -0.2) is 40.7 Å². The molecule has 2 heterocycles. The molecule has 0 unspecified atom stereocenters. The highest BCUT2D eigenvalue weighted by molar-refractivity contribution is 5.80. The van der Waals surface area contributed by atoms with Crippen molar-refractivity contribution in [3.63, 3.8) is 0 Å². The molecule has 1 aliphatic carbocycles. The molecule has 1 saturated carbocycles. The van der Waals surface area contributed by atoms with Gasteiger partial charge in [0.15, 0.2) is 5.58 Å². The van der Waals surface area contributed by atoms with Crippen molar-refractivity contribution in [2.24, 2.45) is 0 Å². The number of hydrogen-bond donors (Lipinski definition) is 0. The van der Waals surface area contributed by atoms with Gasteiger partial charge in [-0.1, -0.05) is 25.0 Å². The molecule has 4 rings (SSSR count). The lowest BCUT2D eigenvalue weighted by Crippen LogP contribution is -2.55. The van der Waals surface area contributed by atoms with Gasteiger partial charge in [0.05, 0.1) is 24.3 Å². The summed E-state index contributed by atoms with van der Waals surface area (Å²) in [6.45, 7) is 1.21. The van der Waals surface area contributed by atoms with Gasteiger partial charge < -0.3 is 14.1 Å². The minimum atomic E-state index is -0.479. The largest absolute Gasteiger partial charge is 0.420 e. The van der Waals surface area contributed by atoms with Crippen molar-refractivity contribution < 1.29 is 13.9 Å². The van der Waals surface area contributed by atoms with Crippen molar-refractivity contribution in [1.82, 2.24) is 9.47 Å². The molecule has 0 spiro atoms. The molecule has 1 saturated heterocycles. The summed E-state index contributed by atoms with van der Waals surface area (Å²) in [4.78, 5) is 26.7. The Balaban J connectivity index is 1.59. The molecule has 1 aliphatic heterocycles. The van der Waals surface area contributed by atoms with E-state index in [4.69, 9.17) is 9.15 Å². The van der Waals surface area contributed by atoms with E-state index in [0.29, 0.717) is 24.3 Å². The van der Waals surface area contributed by atoms with Crippen LogP contribution in [-0.2, 0) is 16.1 Å². The van der Waals surface area contributed by atoms with Crippen LogP contribution in [0.4, 0.5) is 0 Å². The zero-order valence-corrected chi connectivity index (χ0v) is 12.9. The number of ether oxygens (including phenoxy) is 1. The summed E-state index contributed by atoms with van der Waals surface area (Å²) in [6.07, 6.45) is 4.44. The molecule has 2 fully saturated rings. The highest BCUT2D eigenvalue weighted by Gasteiger charge is 2.36. The van der Waals surface area contributed by atoms with Gasteiger partial charge in [0.2, 0.25) is 5.91 Å². The fraction of sp³-hybridized carbons (Fsp3) is 0.529. The molecule has 2 aromatic rings. The standard InChI is InChI=1S/C17H20N2O4/c20-16(18-9-10-22-14-7-3-1-5-12(14)18)11-19-13-6-2-4-8-15(13)23-17(19)21/h2,4,6,8,12,14H,1,3,5,7,9-11H2/t12-,14+/m1/s1. The number of amides is 1. The summed E-state index contributed by atoms with van der Waals surface area (Å²) in [5.41, 5.74) is 1.18. The lowest BCUT2D eigenvalue weighted by atomic mass is 9.90. The number of benzene rings is 1. The summed E-state index contributed by atoms with van der Waals surface area (Å²) in [5, 5.41) is 0. The van der Waals surface area contributed by atoms with Crippen LogP contribution >= 0.6 is 0 Å². The first-order chi connectivity index (χ1) is 11.2. The number of para-hydroxylation sites is 2. The van der Waals surface area contributed by atoms with Crippen molar-refractivity contribution >= 4 is 17.0 Å². The number of aromatic nitrogens is 1. The number of morpholine rings is 1. The summed E-state index contributed by atoms with van der Waals surface area (Å²) in [7, 11) is 0. The van der Waals surface area contributed by atoms with E-state index in [1.165, 1.54) is 4.57 Å². The van der Waals surface area contributed by atoms with Crippen LogP contribution in [0.5, 0.6) is 0 Å². The van der Waals surface area contributed by atoms with E-state index >= 15 is 0 Å². The van der Waals surface area contributed by atoms with E-state index in [2.05, 4.69) is 0 Å². The smallest absolute Gasteiger partial charge is 0.408 e. The van der Waals surface area contributed by atoms with Crippen LogP contribution in [0.1, 0.15) is 25.7 Å². The van der Waals surface area contributed by atoms with E-state index in [9.17, 15) is 9.59 Å². The molecule has 0 radical (unpaired) electrons. The van der Waals surface area contributed by atoms with Gasteiger partial charge in [0.25, 0.3) is 0 Å². The minimum Gasteiger partial charge on any atom is -0.408 e. The maximum atomic E-state index is 12.8. The number of carbonyl (C=O) groups excluding carboxylic acids is 1. The molecule has 1 aromatic heterocycles. The minimum absolute atomic E-state index is 0.0269. The van der Waals surface area contributed by atoms with Gasteiger partial charge in [-0.2, -0.15) is 0 Å². The van der Waals surface area contributed by atoms with Gasteiger partial charge in [0, 0.05) is 6.54 Å². The van der Waals surface area contributed by atoms with E-state index in [1.807, 2.05) is 17.0 Å². The van der Waals surface area contributed by atoms with Crippen LogP contribution < -0.4 is 5.76 Å². The van der Waals surface area contributed by atoms with E-state index in [0.717, 1.165) is 25.7 Å². The van der Waals surface area contributed by atoms with Crippen molar-refractivity contribution in [3.8, 4) is 0 Å². The fourth-order valence-corrected chi connectivity index (χ4v) is 3.80. The van der Waals surface area contributed by atoms with Crippen LogP contribution in [0, 0.1) is 0 Å². The Labute approximate surface area is 133 Å². The first kappa shape index (κ1) is 14.5. The Morgan fingerprint density at radius 2 is 2.04 bits per heavy atom. The average molecular weight is 316 g/mol. The van der Waals surface area contributed by atoms with Crippen molar-refractivity contribution in [2.45, 2.75) is 44.4 Å². The maximum Gasteiger partial charge on any atom is 0.420 e. The first-order valence-electron chi connectivity index (χ1n) is 8.23. The Bertz CT molecular complexity index is 776. The first-order valence-corrected chi connectivity index (χ1v) is 8.23. The maximum absolute atomic E-state index is 12.8. The number of oxazole rings is 1. The molecule has 23 heavy (non-hydrogen) atoms. The molecule has 1 aromatic carbocycles. The highest BCUT2D eigenvalue weighted by atomic mass is 16.5. The normalized spacial score (nSPS) is 24.6. The van der Waals surface area contributed by atoms with Crippen LogP contribution in [0.15, 0.2) is 33.5 Å². The lowest BCUT2D eigenvalue weighted by molar-refractivity contribution is -0.150. The van der Waals surface area contributed by atoms with Gasteiger partial charge in [-0.3, -0.25) is 9.36 Å². The number of hydrogen-bond acceptors (Lipinski definition) is 4. The number of fused-ring (bicyclic) bond motifs is 2. The van der Waals surface area contributed by atoms with Crippen LogP contribution in [0.2, 0.25) is 0 Å². The van der Waals surface area contributed by atoms with Gasteiger partial charge >= 0.3 is 5.76 Å². The molecule has 2 aliphatic rings. The number of carbonyl (C=O) groups is 1. The van der Waals surface area contributed by atoms with Gasteiger partial charge in [-0.15, -0.1) is 0 Å². The zero-order chi connectivity index (χ0) is 15.8. The van der Waals surface area contributed by atoms with E-state index in [-0.39, 0.29) is 24.6 Å². The molecule has 0 bridgehead atoms.